The first kappa shape index (κ1) is 41.2. The summed E-state index contributed by atoms with van der Waals surface area (Å²) >= 11 is 0. The van der Waals surface area contributed by atoms with Gasteiger partial charge >= 0.3 is 11.9 Å². The number of rotatable bonds is 33. The second kappa shape index (κ2) is 34.6. The molecule has 0 saturated heterocycles. The van der Waals surface area contributed by atoms with Gasteiger partial charge in [0.05, 0.1) is 0 Å². The Labute approximate surface area is 267 Å². The van der Waals surface area contributed by atoms with Gasteiger partial charge in [0.2, 0.25) is 0 Å². The van der Waals surface area contributed by atoms with Crippen LogP contribution in [0.1, 0.15) is 194 Å². The van der Waals surface area contributed by atoms with Crippen LogP contribution < -0.4 is 0 Å². The third kappa shape index (κ3) is 34.5. The van der Waals surface area contributed by atoms with Crippen molar-refractivity contribution in [1.82, 2.24) is 0 Å². The Morgan fingerprint density at radius 1 is 0.512 bits per heavy atom. The van der Waals surface area contributed by atoms with Gasteiger partial charge in [-0.2, -0.15) is 0 Å². The number of allylic oxidation sites excluding steroid dienone is 6. The fraction of sp³-hybridized carbons (Fsp3) is 0.795. The van der Waals surface area contributed by atoms with Crippen molar-refractivity contribution < 1.29 is 19.4 Å². The standard InChI is InChI=1S/C39H70O4/c1-3-5-7-9-11-13-15-17-18-20-22-25-29-33-37(34-30-26-24-27-31-35-38(40)41)43-39(42)36-32-28-23-21-19-16-14-12-10-8-6-4-2/h12,14-15,17,20,22,37H,3-11,13,16,18-19,21,23-36H2,1-2H3,(H,40,41)/b14-12-,17-15-,22-20-. The molecule has 0 heterocycles. The van der Waals surface area contributed by atoms with Crippen molar-refractivity contribution in [3.63, 3.8) is 0 Å². The number of hydrogen-bond acceptors (Lipinski definition) is 3. The van der Waals surface area contributed by atoms with E-state index in [1.807, 2.05) is 0 Å². The molecule has 0 aliphatic heterocycles. The molecule has 0 radical (unpaired) electrons. The van der Waals surface area contributed by atoms with Crippen molar-refractivity contribution in [3.8, 4) is 0 Å². The Bertz CT molecular complexity index is 693. The van der Waals surface area contributed by atoms with E-state index in [0.717, 1.165) is 77.0 Å². The average Bonchev–Trinajstić information content (AvgIpc) is 2.99. The lowest BCUT2D eigenvalue weighted by molar-refractivity contribution is -0.150. The van der Waals surface area contributed by atoms with Crippen molar-refractivity contribution in [2.24, 2.45) is 0 Å². The van der Waals surface area contributed by atoms with Gasteiger partial charge in [0.15, 0.2) is 0 Å². The SMILES string of the molecule is CCCCC/C=C\CCCCCCCC(=O)OC(CCC/C=C\C/C=C\CCCCCCC)CCCCCCCC(=O)O. The van der Waals surface area contributed by atoms with E-state index in [9.17, 15) is 9.59 Å². The van der Waals surface area contributed by atoms with E-state index >= 15 is 0 Å². The number of hydrogen-bond donors (Lipinski definition) is 1. The highest BCUT2D eigenvalue weighted by molar-refractivity contribution is 5.69. The fourth-order valence-corrected chi connectivity index (χ4v) is 5.33. The number of aliphatic carboxylic acids is 1. The van der Waals surface area contributed by atoms with E-state index in [1.165, 1.54) is 89.9 Å². The highest BCUT2D eigenvalue weighted by Crippen LogP contribution is 2.17. The molecule has 0 aromatic heterocycles. The summed E-state index contributed by atoms with van der Waals surface area (Å²) in [6.07, 6.45) is 44.4. The minimum absolute atomic E-state index is 0.0108. The molecule has 0 bridgehead atoms. The first-order chi connectivity index (χ1) is 21.1. The molecule has 4 heteroatoms. The molecule has 0 rings (SSSR count). The zero-order valence-electron chi connectivity index (χ0n) is 28.5. The number of carbonyl (C=O) groups is 2. The zero-order valence-corrected chi connectivity index (χ0v) is 28.5. The van der Waals surface area contributed by atoms with Gasteiger partial charge in [-0.25, -0.2) is 0 Å². The highest BCUT2D eigenvalue weighted by atomic mass is 16.5. The predicted octanol–water partition coefficient (Wildman–Crippen LogP) is 12.6. The molecule has 0 fully saturated rings. The lowest BCUT2D eigenvalue weighted by Gasteiger charge is -2.18. The predicted molar refractivity (Wildman–Crippen MR) is 186 cm³/mol. The molecule has 0 amide bonds. The molecule has 43 heavy (non-hydrogen) atoms. The molecule has 1 unspecified atom stereocenters. The van der Waals surface area contributed by atoms with Crippen LogP contribution in [0.4, 0.5) is 0 Å². The van der Waals surface area contributed by atoms with E-state index in [0.29, 0.717) is 6.42 Å². The first-order valence-electron chi connectivity index (χ1n) is 18.5. The zero-order chi connectivity index (χ0) is 31.5. The van der Waals surface area contributed by atoms with Crippen LogP contribution in [0.5, 0.6) is 0 Å². The Morgan fingerprint density at radius 3 is 1.53 bits per heavy atom. The number of ether oxygens (including phenoxy) is 1. The van der Waals surface area contributed by atoms with Gasteiger partial charge in [0, 0.05) is 12.8 Å². The van der Waals surface area contributed by atoms with Crippen LogP contribution in [-0.4, -0.2) is 23.1 Å². The van der Waals surface area contributed by atoms with E-state index < -0.39 is 5.97 Å². The van der Waals surface area contributed by atoms with Gasteiger partial charge in [0.25, 0.3) is 0 Å². The quantitative estimate of drug-likeness (QED) is 0.0461. The molecular formula is C39H70O4. The van der Waals surface area contributed by atoms with Crippen molar-refractivity contribution in [1.29, 1.82) is 0 Å². The number of carbonyl (C=O) groups excluding carboxylic acids is 1. The minimum Gasteiger partial charge on any atom is -0.481 e. The van der Waals surface area contributed by atoms with Crippen LogP contribution in [0.3, 0.4) is 0 Å². The Kier molecular flexibility index (Phi) is 33.2. The van der Waals surface area contributed by atoms with Crippen LogP contribution in [0.2, 0.25) is 0 Å². The largest absolute Gasteiger partial charge is 0.481 e. The number of carboxylic acid groups (broad SMARTS) is 1. The van der Waals surface area contributed by atoms with Gasteiger partial charge in [-0.3, -0.25) is 9.59 Å². The van der Waals surface area contributed by atoms with E-state index in [4.69, 9.17) is 9.84 Å². The van der Waals surface area contributed by atoms with E-state index in [1.54, 1.807) is 0 Å². The molecule has 0 aliphatic rings. The van der Waals surface area contributed by atoms with Gasteiger partial charge in [-0.15, -0.1) is 0 Å². The normalized spacial score (nSPS) is 12.6. The van der Waals surface area contributed by atoms with Crippen molar-refractivity contribution >= 4 is 11.9 Å². The summed E-state index contributed by atoms with van der Waals surface area (Å²) in [7, 11) is 0. The smallest absolute Gasteiger partial charge is 0.306 e. The number of carboxylic acids is 1. The fourth-order valence-electron chi connectivity index (χ4n) is 5.33. The first-order valence-corrected chi connectivity index (χ1v) is 18.5. The second-order valence-corrected chi connectivity index (χ2v) is 12.4. The number of esters is 1. The van der Waals surface area contributed by atoms with E-state index in [-0.39, 0.29) is 18.5 Å². The molecule has 1 atom stereocenters. The van der Waals surface area contributed by atoms with E-state index in [2.05, 4.69) is 50.3 Å². The van der Waals surface area contributed by atoms with Crippen LogP contribution in [0.15, 0.2) is 36.5 Å². The molecule has 250 valence electrons. The Hall–Kier alpha value is -1.84. The van der Waals surface area contributed by atoms with Crippen molar-refractivity contribution in [2.45, 2.75) is 200 Å². The topological polar surface area (TPSA) is 63.6 Å². The monoisotopic (exact) mass is 603 g/mol. The number of unbranched alkanes of at least 4 members (excludes halogenated alkanes) is 18. The molecule has 4 nitrogen and oxygen atoms in total. The molecule has 0 aromatic rings. The summed E-state index contributed by atoms with van der Waals surface area (Å²) in [5.74, 6) is -0.739. The second-order valence-electron chi connectivity index (χ2n) is 12.4. The van der Waals surface area contributed by atoms with Crippen molar-refractivity contribution in [3.05, 3.63) is 36.5 Å². The molecule has 1 N–H and O–H groups in total. The van der Waals surface area contributed by atoms with Gasteiger partial charge in [-0.1, -0.05) is 127 Å². The van der Waals surface area contributed by atoms with Gasteiger partial charge in [0.1, 0.15) is 6.10 Å². The lowest BCUT2D eigenvalue weighted by atomic mass is 10.0. The summed E-state index contributed by atoms with van der Waals surface area (Å²) in [5.41, 5.74) is 0. The Balaban J connectivity index is 4.17. The average molecular weight is 603 g/mol. The summed E-state index contributed by atoms with van der Waals surface area (Å²) < 4.78 is 5.96. The van der Waals surface area contributed by atoms with Crippen LogP contribution >= 0.6 is 0 Å². The molecular weight excluding hydrogens is 532 g/mol. The molecule has 0 aliphatic carbocycles. The van der Waals surface area contributed by atoms with Gasteiger partial charge in [-0.05, 0) is 89.9 Å². The van der Waals surface area contributed by atoms with Crippen LogP contribution in [-0.2, 0) is 14.3 Å². The maximum absolute atomic E-state index is 12.6. The minimum atomic E-state index is -0.708. The third-order valence-corrected chi connectivity index (χ3v) is 8.08. The highest BCUT2D eigenvalue weighted by Gasteiger charge is 2.14. The lowest BCUT2D eigenvalue weighted by Crippen LogP contribution is -2.18. The van der Waals surface area contributed by atoms with Crippen LogP contribution in [0, 0.1) is 0 Å². The molecule has 0 aromatic carbocycles. The molecule has 0 spiro atoms. The van der Waals surface area contributed by atoms with Crippen molar-refractivity contribution in [2.75, 3.05) is 0 Å². The van der Waals surface area contributed by atoms with Gasteiger partial charge < -0.3 is 9.84 Å². The Morgan fingerprint density at radius 2 is 0.930 bits per heavy atom. The summed E-state index contributed by atoms with van der Waals surface area (Å²) in [6.45, 7) is 4.50. The molecule has 0 saturated carbocycles. The maximum atomic E-state index is 12.6. The maximum Gasteiger partial charge on any atom is 0.306 e. The summed E-state index contributed by atoms with van der Waals surface area (Å²) in [5, 5.41) is 8.80. The summed E-state index contributed by atoms with van der Waals surface area (Å²) in [6, 6.07) is 0. The third-order valence-electron chi connectivity index (χ3n) is 8.08. The van der Waals surface area contributed by atoms with Crippen LogP contribution in [0.25, 0.3) is 0 Å². The summed E-state index contributed by atoms with van der Waals surface area (Å²) in [4.78, 5) is 23.3.